The number of piperidine rings is 1. The van der Waals surface area contributed by atoms with Gasteiger partial charge in [0.05, 0.1) is 19.8 Å². The van der Waals surface area contributed by atoms with Gasteiger partial charge in [0, 0.05) is 24.8 Å². The molecule has 0 atom stereocenters. The molecule has 180 valence electrons. The second-order valence-corrected chi connectivity index (χ2v) is 9.36. The maximum absolute atomic E-state index is 12.5. The van der Waals surface area contributed by atoms with Crippen LogP contribution in [0.2, 0.25) is 0 Å². The predicted octanol–water partition coefficient (Wildman–Crippen LogP) is 2.94. The van der Waals surface area contributed by atoms with Gasteiger partial charge in [0.2, 0.25) is 10.9 Å². The summed E-state index contributed by atoms with van der Waals surface area (Å²) in [5.74, 6) is 0.627. The zero-order chi connectivity index (χ0) is 23.6. The number of likely N-dealkylation sites (tertiary alicyclic amines) is 1. The van der Waals surface area contributed by atoms with Crippen LogP contribution in [0.1, 0.15) is 47.9 Å². The molecule has 2 heterocycles. The first-order valence-electron chi connectivity index (χ1n) is 11.3. The van der Waals surface area contributed by atoms with E-state index in [9.17, 15) is 9.59 Å². The number of hydrogen-bond acceptors (Lipinski definition) is 8. The monoisotopic (exact) mass is 475 g/mol. The molecule has 1 fully saturated rings. The Morgan fingerprint density at radius 1 is 1.18 bits per heavy atom. The van der Waals surface area contributed by atoms with E-state index < -0.39 is 0 Å². The van der Waals surface area contributed by atoms with Crippen LogP contribution in [0.4, 0.5) is 5.69 Å². The largest absolute Gasteiger partial charge is 0.497 e. The van der Waals surface area contributed by atoms with E-state index in [1.165, 1.54) is 11.3 Å². The van der Waals surface area contributed by atoms with Crippen molar-refractivity contribution in [2.75, 3.05) is 38.7 Å². The number of carbonyl (C=O) groups is 2. The number of ether oxygens (including phenoxy) is 2. The lowest BCUT2D eigenvalue weighted by atomic mass is 9.96. The number of rotatable bonds is 11. The minimum Gasteiger partial charge on any atom is -0.497 e. The summed E-state index contributed by atoms with van der Waals surface area (Å²) in [5, 5.41) is 15.2. The highest BCUT2D eigenvalue weighted by Crippen LogP contribution is 2.21. The van der Waals surface area contributed by atoms with Crippen molar-refractivity contribution >= 4 is 28.8 Å². The normalized spacial score (nSPS) is 14.9. The number of hydrogen-bond donors (Lipinski definition) is 2. The number of nitrogens with zero attached hydrogens (tertiary/aromatic N) is 3. The molecule has 9 nitrogen and oxygen atoms in total. The van der Waals surface area contributed by atoms with Crippen LogP contribution in [-0.4, -0.2) is 66.4 Å². The van der Waals surface area contributed by atoms with Gasteiger partial charge in [0.15, 0.2) is 0 Å². The van der Waals surface area contributed by atoms with E-state index in [0.29, 0.717) is 30.4 Å². The summed E-state index contributed by atoms with van der Waals surface area (Å²) < 4.78 is 10.6. The molecule has 2 N–H and O–H groups in total. The smallest absolute Gasteiger partial charge is 0.286 e. The van der Waals surface area contributed by atoms with Crippen molar-refractivity contribution in [3.63, 3.8) is 0 Å². The molecule has 0 spiro atoms. The number of benzene rings is 1. The topological polar surface area (TPSA) is 106 Å². The molecule has 1 aromatic carbocycles. The van der Waals surface area contributed by atoms with Crippen LogP contribution in [0, 0.1) is 5.92 Å². The number of amides is 2. The lowest BCUT2D eigenvalue weighted by Gasteiger charge is -2.30. The van der Waals surface area contributed by atoms with E-state index in [0.717, 1.165) is 43.1 Å². The van der Waals surface area contributed by atoms with Crippen LogP contribution >= 0.6 is 11.3 Å². The summed E-state index contributed by atoms with van der Waals surface area (Å²) in [6, 6.07) is 7.12. The van der Waals surface area contributed by atoms with Crippen LogP contribution in [-0.2, 0) is 16.1 Å². The van der Waals surface area contributed by atoms with E-state index in [1.807, 2.05) is 13.8 Å². The van der Waals surface area contributed by atoms with Gasteiger partial charge in [-0.2, -0.15) is 0 Å². The van der Waals surface area contributed by atoms with Gasteiger partial charge in [-0.15, -0.1) is 10.2 Å². The van der Waals surface area contributed by atoms with Crippen molar-refractivity contribution in [2.45, 2.75) is 45.8 Å². The number of carbonyl (C=O) groups excluding carboxylic acids is 2. The van der Waals surface area contributed by atoms with Crippen molar-refractivity contribution in [1.29, 1.82) is 0 Å². The zero-order valence-corrected chi connectivity index (χ0v) is 20.3. The summed E-state index contributed by atoms with van der Waals surface area (Å²) >= 11 is 1.29. The predicted molar refractivity (Wildman–Crippen MR) is 128 cm³/mol. The molecule has 3 rings (SSSR count). The lowest BCUT2D eigenvalue weighted by molar-refractivity contribution is -0.126. The molecule has 0 radical (unpaired) electrons. The SMILES string of the molecule is COc1ccc(NC(=O)c2nnc(CN3CCC(C(=O)NCCCOC(C)C)CC3)s2)cc1. The molecule has 1 aliphatic rings. The minimum atomic E-state index is -0.280. The van der Waals surface area contributed by atoms with Gasteiger partial charge < -0.3 is 20.1 Å². The van der Waals surface area contributed by atoms with E-state index in [-0.39, 0.29) is 23.8 Å². The quantitative estimate of drug-likeness (QED) is 0.481. The molecular weight excluding hydrogens is 442 g/mol. The molecule has 1 aromatic heterocycles. The first-order valence-corrected chi connectivity index (χ1v) is 12.2. The number of anilines is 1. The van der Waals surface area contributed by atoms with Crippen molar-refractivity contribution in [1.82, 2.24) is 20.4 Å². The maximum atomic E-state index is 12.5. The fourth-order valence-corrected chi connectivity index (χ4v) is 4.34. The second-order valence-electron chi connectivity index (χ2n) is 8.30. The van der Waals surface area contributed by atoms with Crippen molar-refractivity contribution < 1.29 is 19.1 Å². The van der Waals surface area contributed by atoms with Crippen LogP contribution in [0.25, 0.3) is 0 Å². The molecule has 0 aliphatic carbocycles. The minimum absolute atomic E-state index is 0.0486. The maximum Gasteiger partial charge on any atom is 0.286 e. The van der Waals surface area contributed by atoms with Gasteiger partial charge in [-0.1, -0.05) is 11.3 Å². The van der Waals surface area contributed by atoms with Crippen molar-refractivity contribution in [3.8, 4) is 5.75 Å². The third-order valence-corrected chi connectivity index (χ3v) is 6.30. The molecule has 2 amide bonds. The van der Waals surface area contributed by atoms with Crippen LogP contribution in [0.15, 0.2) is 24.3 Å². The summed E-state index contributed by atoms with van der Waals surface area (Å²) in [5.41, 5.74) is 0.672. The Kier molecular flexibility index (Phi) is 9.59. The Labute approximate surface area is 198 Å². The van der Waals surface area contributed by atoms with E-state index in [2.05, 4.69) is 25.7 Å². The molecule has 0 bridgehead atoms. The fourth-order valence-electron chi connectivity index (χ4n) is 3.56. The van der Waals surface area contributed by atoms with Gasteiger partial charge in [-0.3, -0.25) is 14.5 Å². The Morgan fingerprint density at radius 2 is 1.91 bits per heavy atom. The Morgan fingerprint density at radius 3 is 2.58 bits per heavy atom. The Bertz CT molecular complexity index is 895. The molecule has 0 saturated carbocycles. The van der Waals surface area contributed by atoms with Crippen molar-refractivity contribution in [2.24, 2.45) is 5.92 Å². The van der Waals surface area contributed by atoms with Crippen molar-refractivity contribution in [3.05, 3.63) is 34.3 Å². The first-order chi connectivity index (χ1) is 15.9. The highest BCUT2D eigenvalue weighted by Gasteiger charge is 2.25. The van der Waals surface area contributed by atoms with Gasteiger partial charge in [0.1, 0.15) is 10.8 Å². The molecule has 2 aromatic rings. The zero-order valence-electron chi connectivity index (χ0n) is 19.5. The van der Waals surface area contributed by atoms with Crippen LogP contribution < -0.4 is 15.4 Å². The van der Waals surface area contributed by atoms with Crippen LogP contribution in [0.5, 0.6) is 5.75 Å². The van der Waals surface area contributed by atoms with E-state index >= 15 is 0 Å². The second kappa shape index (κ2) is 12.6. The summed E-state index contributed by atoms with van der Waals surface area (Å²) in [6.45, 7) is 7.60. The molecule has 1 saturated heterocycles. The third-order valence-electron chi connectivity index (χ3n) is 5.40. The number of aromatic nitrogens is 2. The van der Waals surface area contributed by atoms with Gasteiger partial charge in [0.25, 0.3) is 5.91 Å². The summed E-state index contributed by atoms with van der Waals surface area (Å²) in [7, 11) is 1.60. The molecule has 10 heteroatoms. The third kappa shape index (κ3) is 8.06. The number of nitrogens with one attached hydrogen (secondary N) is 2. The summed E-state index contributed by atoms with van der Waals surface area (Å²) in [4.78, 5) is 27.1. The highest BCUT2D eigenvalue weighted by atomic mass is 32.1. The van der Waals surface area contributed by atoms with Gasteiger partial charge in [-0.05, 0) is 70.5 Å². The Hall–Kier alpha value is -2.56. The van der Waals surface area contributed by atoms with Crippen LogP contribution in [0.3, 0.4) is 0 Å². The lowest BCUT2D eigenvalue weighted by Crippen LogP contribution is -2.40. The first kappa shape index (κ1) is 25.1. The van der Waals surface area contributed by atoms with E-state index in [4.69, 9.17) is 9.47 Å². The molecule has 33 heavy (non-hydrogen) atoms. The summed E-state index contributed by atoms with van der Waals surface area (Å²) in [6.07, 6.45) is 2.68. The van der Waals surface area contributed by atoms with Gasteiger partial charge in [-0.25, -0.2) is 0 Å². The molecule has 0 unspecified atom stereocenters. The fraction of sp³-hybridized carbons (Fsp3) is 0.565. The average Bonchev–Trinajstić information content (AvgIpc) is 3.28. The standard InChI is InChI=1S/C23H33N5O4S/c1-16(2)32-14-4-11-24-21(29)17-9-12-28(13-10-17)15-20-26-27-23(33-20)22(30)25-18-5-7-19(31-3)8-6-18/h5-8,16-17H,4,9-15H2,1-3H3,(H,24,29)(H,25,30). The average molecular weight is 476 g/mol. The number of methoxy groups -OCH3 is 1. The highest BCUT2D eigenvalue weighted by molar-refractivity contribution is 7.13. The Balaban J connectivity index is 1.38. The molecular formula is C23H33N5O4S. The van der Waals surface area contributed by atoms with E-state index in [1.54, 1.807) is 31.4 Å². The molecule has 1 aliphatic heterocycles. The van der Waals surface area contributed by atoms with Gasteiger partial charge >= 0.3 is 0 Å².